The summed E-state index contributed by atoms with van der Waals surface area (Å²) in [7, 11) is 0. The van der Waals surface area contributed by atoms with Gasteiger partial charge in [0, 0.05) is 12.8 Å². The smallest absolute Gasteiger partial charge is 0.338 e. The lowest BCUT2D eigenvalue weighted by Crippen LogP contribution is -2.05. The molecule has 1 N–H and O–H groups in total. The van der Waals surface area contributed by atoms with Gasteiger partial charge in [0.15, 0.2) is 5.82 Å². The van der Waals surface area contributed by atoms with E-state index in [-0.39, 0.29) is 5.56 Å². The lowest BCUT2D eigenvalue weighted by molar-refractivity contribution is 0.0696. The van der Waals surface area contributed by atoms with E-state index in [1.165, 1.54) is 12.3 Å². The van der Waals surface area contributed by atoms with E-state index in [1.807, 2.05) is 13.8 Å². The Kier molecular flexibility index (Phi) is 3.45. The van der Waals surface area contributed by atoms with E-state index in [4.69, 9.17) is 9.52 Å². The van der Waals surface area contributed by atoms with E-state index < -0.39 is 5.97 Å². The molecule has 0 spiro atoms. The molecule has 0 saturated carbocycles. The SMILES string of the molecule is CCc1nc(CC)n(Cc2cc(C(=O)O)co2)n1. The van der Waals surface area contributed by atoms with Gasteiger partial charge in [0.25, 0.3) is 0 Å². The van der Waals surface area contributed by atoms with Crippen LogP contribution in [-0.2, 0) is 19.4 Å². The van der Waals surface area contributed by atoms with Crippen LogP contribution in [0.4, 0.5) is 0 Å². The molecular formula is C12H15N3O3. The fourth-order valence-corrected chi connectivity index (χ4v) is 1.69. The number of nitrogens with zero attached hydrogens (tertiary/aromatic N) is 3. The first-order valence-electron chi connectivity index (χ1n) is 5.87. The number of carboxylic acid groups (broad SMARTS) is 1. The van der Waals surface area contributed by atoms with Crippen LogP contribution in [0.25, 0.3) is 0 Å². The second kappa shape index (κ2) is 5.03. The maximum absolute atomic E-state index is 10.7. The number of aromatic nitrogens is 3. The highest BCUT2D eigenvalue weighted by molar-refractivity contribution is 5.87. The molecule has 6 heteroatoms. The van der Waals surface area contributed by atoms with Crippen molar-refractivity contribution in [2.24, 2.45) is 0 Å². The van der Waals surface area contributed by atoms with Crippen molar-refractivity contribution in [3.05, 3.63) is 35.3 Å². The third-order valence-corrected chi connectivity index (χ3v) is 2.63. The molecule has 2 heterocycles. The zero-order valence-corrected chi connectivity index (χ0v) is 10.4. The molecule has 2 rings (SSSR count). The number of aromatic carboxylic acids is 1. The zero-order valence-electron chi connectivity index (χ0n) is 10.4. The van der Waals surface area contributed by atoms with Crippen molar-refractivity contribution in [3.8, 4) is 0 Å². The Hall–Kier alpha value is -2.11. The Morgan fingerprint density at radius 2 is 2.22 bits per heavy atom. The van der Waals surface area contributed by atoms with Crippen LogP contribution in [0.15, 0.2) is 16.7 Å². The molecule has 18 heavy (non-hydrogen) atoms. The molecule has 0 saturated heterocycles. The normalized spacial score (nSPS) is 10.8. The summed E-state index contributed by atoms with van der Waals surface area (Å²) in [6, 6.07) is 1.51. The molecule has 6 nitrogen and oxygen atoms in total. The molecular weight excluding hydrogens is 234 g/mol. The highest BCUT2D eigenvalue weighted by atomic mass is 16.4. The van der Waals surface area contributed by atoms with Gasteiger partial charge in [0.05, 0.1) is 5.56 Å². The van der Waals surface area contributed by atoms with Gasteiger partial charge >= 0.3 is 5.97 Å². The molecule has 0 bridgehead atoms. The number of hydrogen-bond acceptors (Lipinski definition) is 4. The highest BCUT2D eigenvalue weighted by Gasteiger charge is 2.12. The molecule has 96 valence electrons. The number of hydrogen-bond donors (Lipinski definition) is 1. The Labute approximate surface area is 104 Å². The first-order valence-corrected chi connectivity index (χ1v) is 5.87. The quantitative estimate of drug-likeness (QED) is 0.872. The van der Waals surface area contributed by atoms with E-state index in [0.29, 0.717) is 12.3 Å². The zero-order chi connectivity index (χ0) is 13.1. The van der Waals surface area contributed by atoms with E-state index in [0.717, 1.165) is 24.5 Å². The van der Waals surface area contributed by atoms with Gasteiger partial charge in [-0.15, -0.1) is 0 Å². The van der Waals surface area contributed by atoms with Crippen molar-refractivity contribution in [2.75, 3.05) is 0 Å². The van der Waals surface area contributed by atoms with Crippen LogP contribution in [-0.4, -0.2) is 25.8 Å². The number of furan rings is 1. The Bertz CT molecular complexity index is 557. The summed E-state index contributed by atoms with van der Waals surface area (Å²) in [6.45, 7) is 4.41. The van der Waals surface area contributed by atoms with Gasteiger partial charge in [-0.1, -0.05) is 13.8 Å². The van der Waals surface area contributed by atoms with Crippen LogP contribution in [0.1, 0.15) is 41.6 Å². The number of rotatable bonds is 5. The van der Waals surface area contributed by atoms with Crippen LogP contribution in [0.3, 0.4) is 0 Å². The molecule has 0 aromatic carbocycles. The molecule has 0 aliphatic carbocycles. The van der Waals surface area contributed by atoms with E-state index in [2.05, 4.69) is 10.1 Å². The van der Waals surface area contributed by atoms with Crippen molar-refractivity contribution in [2.45, 2.75) is 33.2 Å². The summed E-state index contributed by atoms with van der Waals surface area (Å²) in [6.07, 6.45) is 2.79. The standard InChI is InChI=1S/C12H15N3O3/c1-3-10-13-11(4-2)15(14-10)6-9-5-8(7-18-9)12(16)17/h5,7H,3-4,6H2,1-2H3,(H,16,17). The molecule has 0 aliphatic rings. The van der Waals surface area contributed by atoms with Crippen LogP contribution < -0.4 is 0 Å². The van der Waals surface area contributed by atoms with Gasteiger partial charge in [-0.05, 0) is 6.07 Å². The van der Waals surface area contributed by atoms with Gasteiger partial charge in [-0.25, -0.2) is 14.5 Å². The first kappa shape index (κ1) is 12.3. The third-order valence-electron chi connectivity index (χ3n) is 2.63. The number of carboxylic acids is 1. The predicted molar refractivity (Wildman–Crippen MR) is 63.5 cm³/mol. The number of carbonyl (C=O) groups is 1. The summed E-state index contributed by atoms with van der Waals surface area (Å²) in [4.78, 5) is 15.1. The summed E-state index contributed by atoms with van der Waals surface area (Å²) >= 11 is 0. The third kappa shape index (κ3) is 2.42. The monoisotopic (exact) mass is 249 g/mol. The molecule has 2 aromatic rings. The fourth-order valence-electron chi connectivity index (χ4n) is 1.69. The topological polar surface area (TPSA) is 81.2 Å². The maximum atomic E-state index is 10.7. The molecule has 0 amide bonds. The van der Waals surface area contributed by atoms with E-state index in [9.17, 15) is 4.79 Å². The molecule has 2 aromatic heterocycles. The first-order chi connectivity index (χ1) is 8.63. The minimum absolute atomic E-state index is 0.152. The van der Waals surface area contributed by atoms with Crippen molar-refractivity contribution in [1.82, 2.24) is 14.8 Å². The van der Waals surface area contributed by atoms with Gasteiger partial charge < -0.3 is 9.52 Å². The van der Waals surface area contributed by atoms with Crippen LogP contribution in [0.5, 0.6) is 0 Å². The lowest BCUT2D eigenvalue weighted by Gasteiger charge is -2.00. The van der Waals surface area contributed by atoms with Gasteiger partial charge in [0.2, 0.25) is 0 Å². The fraction of sp³-hybridized carbons (Fsp3) is 0.417. The lowest BCUT2D eigenvalue weighted by atomic mass is 10.3. The molecule has 0 radical (unpaired) electrons. The van der Waals surface area contributed by atoms with E-state index in [1.54, 1.807) is 4.68 Å². The second-order valence-electron chi connectivity index (χ2n) is 3.92. The van der Waals surface area contributed by atoms with Crippen molar-refractivity contribution < 1.29 is 14.3 Å². The van der Waals surface area contributed by atoms with Crippen molar-refractivity contribution >= 4 is 5.97 Å². The van der Waals surface area contributed by atoms with Gasteiger partial charge in [-0.3, -0.25) is 0 Å². The minimum atomic E-state index is -0.992. The van der Waals surface area contributed by atoms with Crippen LogP contribution in [0, 0.1) is 0 Å². The van der Waals surface area contributed by atoms with E-state index >= 15 is 0 Å². The van der Waals surface area contributed by atoms with Gasteiger partial charge in [-0.2, -0.15) is 5.10 Å². The van der Waals surface area contributed by atoms with Crippen molar-refractivity contribution in [1.29, 1.82) is 0 Å². The minimum Gasteiger partial charge on any atom is -0.478 e. The average molecular weight is 249 g/mol. The average Bonchev–Trinajstić information content (AvgIpc) is 2.96. The van der Waals surface area contributed by atoms with Crippen molar-refractivity contribution in [3.63, 3.8) is 0 Å². The highest BCUT2D eigenvalue weighted by Crippen LogP contribution is 2.11. The molecule has 0 fully saturated rings. The van der Waals surface area contributed by atoms with Gasteiger partial charge in [0.1, 0.15) is 24.4 Å². The maximum Gasteiger partial charge on any atom is 0.338 e. The Morgan fingerprint density at radius 1 is 1.44 bits per heavy atom. The summed E-state index contributed by atoms with van der Waals surface area (Å²) in [5.41, 5.74) is 0.152. The summed E-state index contributed by atoms with van der Waals surface area (Å²) in [5.74, 6) is 1.24. The number of aryl methyl sites for hydroxylation is 2. The van der Waals surface area contributed by atoms with Crippen LogP contribution in [0.2, 0.25) is 0 Å². The summed E-state index contributed by atoms with van der Waals surface area (Å²) < 4.78 is 6.96. The molecule has 0 atom stereocenters. The summed E-state index contributed by atoms with van der Waals surface area (Å²) in [5, 5.41) is 13.2. The Morgan fingerprint density at radius 3 is 2.78 bits per heavy atom. The van der Waals surface area contributed by atoms with Crippen LogP contribution >= 0.6 is 0 Å². The predicted octanol–water partition coefficient (Wildman–Crippen LogP) is 1.74. The molecule has 0 aliphatic heterocycles. The second-order valence-corrected chi connectivity index (χ2v) is 3.92. The largest absolute Gasteiger partial charge is 0.478 e. The molecule has 0 unspecified atom stereocenters. The Balaban J connectivity index is 2.21.